The summed E-state index contributed by atoms with van der Waals surface area (Å²) in [5, 5.41) is 18.2. The fourth-order valence-electron chi connectivity index (χ4n) is 4.44. The lowest BCUT2D eigenvalue weighted by Crippen LogP contribution is -2.48. The Morgan fingerprint density at radius 2 is 2.03 bits per heavy atom. The highest BCUT2D eigenvalue weighted by molar-refractivity contribution is 6.32. The third-order valence-electron chi connectivity index (χ3n) is 7.58. The van der Waals surface area contributed by atoms with Crippen LogP contribution in [0.1, 0.15) is 52.3 Å². The van der Waals surface area contributed by atoms with Crippen molar-refractivity contribution in [3.8, 4) is 0 Å². The average molecular weight is 461 g/mol. The maximum Gasteiger partial charge on any atom is 0.288 e. The number of halogens is 1. The first-order chi connectivity index (χ1) is 15.0. The topological polar surface area (TPSA) is 102 Å². The van der Waals surface area contributed by atoms with Gasteiger partial charge in [0, 0.05) is 18.8 Å². The van der Waals surface area contributed by atoms with E-state index < -0.39 is 5.56 Å². The molecule has 32 heavy (non-hydrogen) atoms. The molecule has 1 amide bonds. The summed E-state index contributed by atoms with van der Waals surface area (Å²) in [6, 6.07) is 1.99. The molecule has 2 aromatic rings. The van der Waals surface area contributed by atoms with Gasteiger partial charge in [-0.25, -0.2) is 4.68 Å². The summed E-state index contributed by atoms with van der Waals surface area (Å²) in [7, 11) is 0. The normalized spacial score (nSPS) is 24.7. The van der Waals surface area contributed by atoms with Crippen molar-refractivity contribution in [2.75, 3.05) is 5.32 Å². The van der Waals surface area contributed by atoms with Crippen LogP contribution < -0.4 is 16.2 Å². The number of aryl methyl sites for hydroxylation is 1. The van der Waals surface area contributed by atoms with Crippen molar-refractivity contribution in [3.63, 3.8) is 0 Å². The summed E-state index contributed by atoms with van der Waals surface area (Å²) in [6.45, 7) is 13.4. The standard InChI is InChI=1S/C23H33ClN6O2/c1-13-9-18(14(2)15(3)23(13,5)6)28-19-11-27-30(22(32)21(19)24)12-20(31)25-10-17-7-8-26-29-16(17)4/h7-8,11,13-15,18,28H,9-10,12H2,1-6H3,(H,25,31)/t13-,14+,15+,18+/m0/s1. The van der Waals surface area contributed by atoms with Crippen LogP contribution in [0.4, 0.5) is 5.69 Å². The Balaban J connectivity index is 1.67. The van der Waals surface area contributed by atoms with Crippen LogP contribution in [-0.4, -0.2) is 31.9 Å². The lowest BCUT2D eigenvalue weighted by atomic mass is 9.58. The monoisotopic (exact) mass is 460 g/mol. The van der Waals surface area contributed by atoms with E-state index in [1.165, 1.54) is 6.20 Å². The molecule has 3 rings (SSSR count). The molecule has 2 aromatic heterocycles. The molecule has 2 heterocycles. The van der Waals surface area contributed by atoms with E-state index in [0.29, 0.717) is 30.0 Å². The number of rotatable bonds is 6. The molecule has 0 bridgehead atoms. The summed E-state index contributed by atoms with van der Waals surface area (Å²) in [6.07, 6.45) is 4.10. The van der Waals surface area contributed by atoms with E-state index in [1.807, 2.05) is 6.92 Å². The second kappa shape index (κ2) is 9.57. The van der Waals surface area contributed by atoms with Crippen LogP contribution in [0.25, 0.3) is 0 Å². The molecule has 1 fully saturated rings. The fourth-order valence-corrected chi connectivity index (χ4v) is 4.64. The van der Waals surface area contributed by atoms with Gasteiger partial charge in [-0.3, -0.25) is 9.59 Å². The molecule has 2 N–H and O–H groups in total. The zero-order valence-corrected chi connectivity index (χ0v) is 20.4. The van der Waals surface area contributed by atoms with Crippen LogP contribution in [0.5, 0.6) is 0 Å². The van der Waals surface area contributed by atoms with E-state index in [-0.39, 0.29) is 28.9 Å². The number of aromatic nitrogens is 4. The molecule has 0 saturated heterocycles. The largest absolute Gasteiger partial charge is 0.379 e. The Morgan fingerprint density at radius 1 is 1.31 bits per heavy atom. The Bertz CT molecular complexity index is 1040. The number of anilines is 1. The van der Waals surface area contributed by atoms with E-state index in [0.717, 1.165) is 22.4 Å². The number of carbonyl (C=O) groups excluding carboxylic acids is 1. The Labute approximate surface area is 194 Å². The van der Waals surface area contributed by atoms with E-state index >= 15 is 0 Å². The van der Waals surface area contributed by atoms with E-state index in [4.69, 9.17) is 11.6 Å². The fraction of sp³-hybridized carbons (Fsp3) is 0.609. The Morgan fingerprint density at radius 3 is 2.72 bits per heavy atom. The van der Waals surface area contributed by atoms with Crippen LogP contribution in [0, 0.1) is 30.1 Å². The van der Waals surface area contributed by atoms with Gasteiger partial charge in [-0.15, -0.1) is 0 Å². The van der Waals surface area contributed by atoms with Crippen LogP contribution in [0.15, 0.2) is 23.3 Å². The van der Waals surface area contributed by atoms with Gasteiger partial charge in [0.2, 0.25) is 5.91 Å². The first-order valence-corrected chi connectivity index (χ1v) is 11.5. The van der Waals surface area contributed by atoms with Gasteiger partial charge in [0.25, 0.3) is 5.56 Å². The highest BCUT2D eigenvalue weighted by Crippen LogP contribution is 2.48. The summed E-state index contributed by atoms with van der Waals surface area (Å²) in [5.74, 6) is 1.12. The molecule has 8 nitrogen and oxygen atoms in total. The molecular weight excluding hydrogens is 428 g/mol. The molecule has 4 atom stereocenters. The predicted molar refractivity (Wildman–Crippen MR) is 125 cm³/mol. The van der Waals surface area contributed by atoms with E-state index in [2.05, 4.69) is 60.5 Å². The predicted octanol–water partition coefficient (Wildman–Crippen LogP) is 3.43. The van der Waals surface area contributed by atoms with Gasteiger partial charge in [0.15, 0.2) is 0 Å². The number of hydrogen-bond acceptors (Lipinski definition) is 6. The quantitative estimate of drug-likeness (QED) is 0.684. The van der Waals surface area contributed by atoms with Gasteiger partial charge in [-0.1, -0.05) is 46.2 Å². The molecule has 0 spiro atoms. The van der Waals surface area contributed by atoms with Crippen molar-refractivity contribution in [1.29, 1.82) is 0 Å². The first-order valence-electron chi connectivity index (χ1n) is 11.1. The lowest BCUT2D eigenvalue weighted by molar-refractivity contribution is -0.122. The highest BCUT2D eigenvalue weighted by atomic mass is 35.5. The maximum absolute atomic E-state index is 12.7. The Hall–Kier alpha value is -2.48. The number of amides is 1. The van der Waals surface area contributed by atoms with Gasteiger partial charge in [0.05, 0.1) is 17.6 Å². The minimum absolute atomic E-state index is 0.0549. The van der Waals surface area contributed by atoms with Crippen LogP contribution >= 0.6 is 11.6 Å². The highest BCUT2D eigenvalue weighted by Gasteiger charge is 2.43. The van der Waals surface area contributed by atoms with Crippen molar-refractivity contribution in [1.82, 2.24) is 25.3 Å². The molecule has 9 heteroatoms. The zero-order chi connectivity index (χ0) is 23.6. The van der Waals surface area contributed by atoms with Crippen molar-refractivity contribution < 1.29 is 4.79 Å². The van der Waals surface area contributed by atoms with Gasteiger partial charge < -0.3 is 10.6 Å². The van der Waals surface area contributed by atoms with Crippen molar-refractivity contribution in [3.05, 3.63) is 45.1 Å². The minimum Gasteiger partial charge on any atom is -0.379 e. The lowest BCUT2D eigenvalue weighted by Gasteiger charge is -2.50. The number of hydrogen-bond donors (Lipinski definition) is 2. The molecule has 1 aliphatic carbocycles. The summed E-state index contributed by atoms with van der Waals surface area (Å²) < 4.78 is 1.08. The maximum atomic E-state index is 12.7. The average Bonchev–Trinajstić information content (AvgIpc) is 2.75. The van der Waals surface area contributed by atoms with Gasteiger partial charge in [0.1, 0.15) is 11.6 Å². The third kappa shape index (κ3) is 4.95. The molecule has 174 valence electrons. The molecule has 1 aliphatic rings. The number of nitrogens with zero attached hydrogens (tertiary/aromatic N) is 4. The number of carbonyl (C=O) groups is 1. The van der Waals surface area contributed by atoms with Gasteiger partial charge in [-0.2, -0.15) is 15.3 Å². The summed E-state index contributed by atoms with van der Waals surface area (Å²) in [5.41, 5.74) is 1.88. The zero-order valence-electron chi connectivity index (χ0n) is 19.6. The van der Waals surface area contributed by atoms with Gasteiger partial charge >= 0.3 is 0 Å². The number of nitrogens with one attached hydrogen (secondary N) is 2. The SMILES string of the molecule is Cc1nnccc1CNC(=O)Cn1ncc(N[C@@H]2C[C@H](C)C(C)(C)[C@H](C)[C@H]2C)c(Cl)c1=O. The smallest absolute Gasteiger partial charge is 0.288 e. The third-order valence-corrected chi connectivity index (χ3v) is 7.95. The molecule has 0 aliphatic heterocycles. The molecule has 0 radical (unpaired) electrons. The van der Waals surface area contributed by atoms with E-state index in [9.17, 15) is 9.59 Å². The Kier molecular flexibility index (Phi) is 7.22. The van der Waals surface area contributed by atoms with Crippen molar-refractivity contribution >= 4 is 23.2 Å². The van der Waals surface area contributed by atoms with Crippen molar-refractivity contribution in [2.24, 2.45) is 23.2 Å². The molecule has 0 unspecified atom stereocenters. The summed E-state index contributed by atoms with van der Waals surface area (Å²) >= 11 is 6.39. The first kappa shape index (κ1) is 24.2. The van der Waals surface area contributed by atoms with Crippen LogP contribution in [-0.2, 0) is 17.9 Å². The molecule has 0 aromatic carbocycles. The van der Waals surface area contributed by atoms with Gasteiger partial charge in [-0.05, 0) is 48.1 Å². The van der Waals surface area contributed by atoms with Crippen molar-refractivity contribution in [2.45, 2.75) is 67.1 Å². The second-order valence-electron chi connectivity index (χ2n) is 9.61. The minimum atomic E-state index is -0.488. The van der Waals surface area contributed by atoms with Crippen LogP contribution in [0.2, 0.25) is 5.02 Å². The molecular formula is C23H33ClN6O2. The molecule has 1 saturated carbocycles. The van der Waals surface area contributed by atoms with Crippen LogP contribution in [0.3, 0.4) is 0 Å². The second-order valence-corrected chi connectivity index (χ2v) is 9.99. The summed E-state index contributed by atoms with van der Waals surface area (Å²) in [4.78, 5) is 25.1. The van der Waals surface area contributed by atoms with E-state index in [1.54, 1.807) is 12.3 Å².